The molecule has 0 aromatic heterocycles. The molecule has 0 saturated heterocycles. The second-order valence-corrected chi connectivity index (χ2v) is 4.89. The van der Waals surface area contributed by atoms with E-state index in [0.717, 1.165) is 17.7 Å². The van der Waals surface area contributed by atoms with Crippen LogP contribution >= 0.6 is 0 Å². The summed E-state index contributed by atoms with van der Waals surface area (Å²) in [5, 5.41) is 0. The molecule has 2 N–H and O–H groups in total. The molecule has 0 saturated carbocycles. The first-order valence-electron chi connectivity index (χ1n) is 6.59. The molecule has 0 heterocycles. The Morgan fingerprint density at radius 3 is 2.42 bits per heavy atom. The fourth-order valence-electron chi connectivity index (χ4n) is 1.79. The van der Waals surface area contributed by atoms with E-state index >= 15 is 0 Å². The third-order valence-electron chi connectivity index (χ3n) is 2.74. The van der Waals surface area contributed by atoms with Crippen LogP contribution in [-0.4, -0.2) is 25.2 Å². The van der Waals surface area contributed by atoms with Crippen molar-refractivity contribution >= 4 is 5.97 Å². The van der Waals surface area contributed by atoms with Crippen molar-refractivity contribution in [2.45, 2.75) is 45.3 Å². The van der Waals surface area contributed by atoms with Gasteiger partial charge in [-0.05, 0) is 44.4 Å². The molecule has 1 rings (SSSR count). The fraction of sp³-hybridized carbons (Fsp3) is 0.533. The van der Waals surface area contributed by atoms with Crippen LogP contribution in [0.4, 0.5) is 0 Å². The number of hydrogen-bond acceptors (Lipinski definition) is 4. The van der Waals surface area contributed by atoms with E-state index in [9.17, 15) is 4.79 Å². The van der Waals surface area contributed by atoms with Gasteiger partial charge in [-0.1, -0.05) is 12.1 Å². The Bertz CT molecular complexity index is 387. The maximum atomic E-state index is 11.0. The molecule has 0 bridgehead atoms. The Labute approximate surface area is 114 Å². The number of methoxy groups -OCH3 is 1. The van der Waals surface area contributed by atoms with Crippen LogP contribution in [-0.2, 0) is 16.0 Å². The summed E-state index contributed by atoms with van der Waals surface area (Å²) < 4.78 is 10.2. The third kappa shape index (κ3) is 6.25. The van der Waals surface area contributed by atoms with Gasteiger partial charge in [0.25, 0.3) is 0 Å². The van der Waals surface area contributed by atoms with Gasteiger partial charge < -0.3 is 15.2 Å². The maximum absolute atomic E-state index is 11.0. The molecule has 19 heavy (non-hydrogen) atoms. The Morgan fingerprint density at radius 2 is 1.89 bits per heavy atom. The predicted octanol–water partition coefficient (Wildman–Crippen LogP) is 2.30. The average Bonchev–Trinajstić information content (AvgIpc) is 2.37. The van der Waals surface area contributed by atoms with Gasteiger partial charge in [-0.25, -0.2) is 0 Å². The first kappa shape index (κ1) is 15.5. The molecule has 0 aliphatic carbocycles. The molecule has 0 fully saturated rings. The summed E-state index contributed by atoms with van der Waals surface area (Å²) in [5.74, 6) is 0.651. The van der Waals surface area contributed by atoms with Crippen LogP contribution in [0.25, 0.3) is 0 Å². The Balaban J connectivity index is 2.42. The Hall–Kier alpha value is -1.55. The van der Waals surface area contributed by atoms with Crippen LogP contribution in [0.2, 0.25) is 0 Å². The smallest absolute Gasteiger partial charge is 0.305 e. The number of esters is 1. The van der Waals surface area contributed by atoms with Crippen LogP contribution in [0.1, 0.15) is 32.3 Å². The van der Waals surface area contributed by atoms with E-state index in [0.29, 0.717) is 12.8 Å². The number of benzene rings is 1. The predicted molar refractivity (Wildman–Crippen MR) is 75.1 cm³/mol. The van der Waals surface area contributed by atoms with Gasteiger partial charge in [0.1, 0.15) is 5.75 Å². The highest BCUT2D eigenvalue weighted by Gasteiger charge is 2.08. The second kappa shape index (κ2) is 7.79. The van der Waals surface area contributed by atoms with Gasteiger partial charge in [0.05, 0.1) is 13.2 Å². The lowest BCUT2D eigenvalue weighted by molar-refractivity contribution is -0.140. The van der Waals surface area contributed by atoms with E-state index in [1.165, 1.54) is 7.11 Å². The molecule has 106 valence electrons. The van der Waals surface area contributed by atoms with Crippen molar-refractivity contribution in [2.24, 2.45) is 5.73 Å². The topological polar surface area (TPSA) is 61.5 Å². The van der Waals surface area contributed by atoms with Crippen LogP contribution in [0.5, 0.6) is 5.75 Å². The van der Waals surface area contributed by atoms with Gasteiger partial charge in [0, 0.05) is 12.5 Å². The average molecular weight is 265 g/mol. The van der Waals surface area contributed by atoms with Crippen LogP contribution in [0.15, 0.2) is 24.3 Å². The largest absolute Gasteiger partial charge is 0.491 e. The highest BCUT2D eigenvalue weighted by molar-refractivity contribution is 5.69. The van der Waals surface area contributed by atoms with E-state index in [1.807, 2.05) is 38.1 Å². The zero-order valence-corrected chi connectivity index (χ0v) is 11.9. The minimum absolute atomic E-state index is 0.0315. The van der Waals surface area contributed by atoms with Crippen LogP contribution in [0.3, 0.4) is 0 Å². The van der Waals surface area contributed by atoms with Crippen LogP contribution < -0.4 is 10.5 Å². The zero-order valence-electron chi connectivity index (χ0n) is 11.9. The lowest BCUT2D eigenvalue weighted by Gasteiger charge is -2.13. The maximum Gasteiger partial charge on any atom is 0.305 e. The van der Waals surface area contributed by atoms with Gasteiger partial charge in [-0.15, -0.1) is 0 Å². The van der Waals surface area contributed by atoms with Crippen molar-refractivity contribution in [1.29, 1.82) is 0 Å². The molecule has 0 radical (unpaired) electrons. The van der Waals surface area contributed by atoms with Gasteiger partial charge in [-0.2, -0.15) is 0 Å². The summed E-state index contributed by atoms with van der Waals surface area (Å²) in [6.07, 6.45) is 1.93. The molecule has 1 atom stereocenters. The van der Waals surface area contributed by atoms with Crippen molar-refractivity contribution in [3.63, 3.8) is 0 Å². The molecule has 4 nitrogen and oxygen atoms in total. The van der Waals surface area contributed by atoms with Crippen molar-refractivity contribution < 1.29 is 14.3 Å². The normalized spacial score (nSPS) is 12.3. The van der Waals surface area contributed by atoms with Crippen molar-refractivity contribution in [3.05, 3.63) is 29.8 Å². The first-order valence-corrected chi connectivity index (χ1v) is 6.59. The Morgan fingerprint density at radius 1 is 1.26 bits per heavy atom. The monoisotopic (exact) mass is 265 g/mol. The van der Waals surface area contributed by atoms with Gasteiger partial charge in [0.15, 0.2) is 0 Å². The van der Waals surface area contributed by atoms with Gasteiger partial charge in [0.2, 0.25) is 0 Å². The van der Waals surface area contributed by atoms with Crippen LogP contribution in [0, 0.1) is 0 Å². The number of carbonyl (C=O) groups is 1. The summed E-state index contributed by atoms with van der Waals surface area (Å²) >= 11 is 0. The molecular formula is C15H23NO3. The minimum atomic E-state index is -0.212. The Kier molecular flexibility index (Phi) is 6.36. The summed E-state index contributed by atoms with van der Waals surface area (Å²) in [4.78, 5) is 11.0. The van der Waals surface area contributed by atoms with E-state index in [1.54, 1.807) is 0 Å². The standard InChI is InChI=1S/C15H23NO3/c1-11(2)19-14-7-4-12(5-8-14)10-13(16)6-9-15(17)18-3/h4-5,7-8,11,13H,6,9-10,16H2,1-3H3. The van der Waals surface area contributed by atoms with Crippen molar-refractivity contribution in [3.8, 4) is 5.75 Å². The molecule has 0 amide bonds. The zero-order chi connectivity index (χ0) is 14.3. The SMILES string of the molecule is COC(=O)CCC(N)Cc1ccc(OC(C)C)cc1. The summed E-state index contributed by atoms with van der Waals surface area (Å²) in [5.41, 5.74) is 7.14. The summed E-state index contributed by atoms with van der Waals surface area (Å²) in [6.45, 7) is 3.99. The quantitative estimate of drug-likeness (QED) is 0.768. The molecule has 0 spiro atoms. The second-order valence-electron chi connectivity index (χ2n) is 4.89. The number of carbonyl (C=O) groups excluding carboxylic acids is 1. The number of nitrogens with two attached hydrogens (primary N) is 1. The fourth-order valence-corrected chi connectivity index (χ4v) is 1.79. The third-order valence-corrected chi connectivity index (χ3v) is 2.74. The molecule has 1 aromatic carbocycles. The lowest BCUT2D eigenvalue weighted by Crippen LogP contribution is -2.24. The number of hydrogen-bond donors (Lipinski definition) is 1. The summed E-state index contributed by atoms with van der Waals surface area (Å²) in [6, 6.07) is 7.88. The molecule has 1 unspecified atom stereocenters. The summed E-state index contributed by atoms with van der Waals surface area (Å²) in [7, 11) is 1.39. The molecular weight excluding hydrogens is 242 g/mol. The molecule has 0 aliphatic rings. The highest BCUT2D eigenvalue weighted by Crippen LogP contribution is 2.15. The van der Waals surface area contributed by atoms with Crippen molar-refractivity contribution in [1.82, 2.24) is 0 Å². The molecule has 4 heteroatoms. The first-order chi connectivity index (χ1) is 9.01. The van der Waals surface area contributed by atoms with E-state index in [4.69, 9.17) is 10.5 Å². The van der Waals surface area contributed by atoms with E-state index in [-0.39, 0.29) is 18.1 Å². The van der Waals surface area contributed by atoms with Crippen molar-refractivity contribution in [2.75, 3.05) is 7.11 Å². The number of rotatable bonds is 7. The van der Waals surface area contributed by atoms with Gasteiger partial charge >= 0.3 is 5.97 Å². The number of ether oxygens (including phenoxy) is 2. The lowest BCUT2D eigenvalue weighted by atomic mass is 10.0. The van der Waals surface area contributed by atoms with E-state index in [2.05, 4.69) is 4.74 Å². The van der Waals surface area contributed by atoms with Gasteiger partial charge in [-0.3, -0.25) is 4.79 Å². The molecule has 1 aromatic rings. The molecule has 0 aliphatic heterocycles. The minimum Gasteiger partial charge on any atom is -0.491 e. The van der Waals surface area contributed by atoms with E-state index < -0.39 is 0 Å². The highest BCUT2D eigenvalue weighted by atomic mass is 16.5.